The molecule has 1 atom stereocenters. The number of fused-ring (bicyclic) bond motifs is 1. The summed E-state index contributed by atoms with van der Waals surface area (Å²) in [5, 5.41) is 13.8. The number of H-pyrrole nitrogens is 1. The minimum atomic E-state index is -0.236. The fraction of sp³-hybridized carbons (Fsp3) is 0.545. The minimum absolute atomic E-state index is 0.0918. The maximum Gasteiger partial charge on any atom is 0.253 e. The molecule has 8 nitrogen and oxygen atoms in total. The predicted molar refractivity (Wildman–Crippen MR) is 114 cm³/mol. The third-order valence-electron chi connectivity index (χ3n) is 6.57. The molecule has 158 valence electrons. The average molecular weight is 409 g/mol. The Balaban J connectivity index is 1.62. The zero-order valence-corrected chi connectivity index (χ0v) is 17.4. The van der Waals surface area contributed by atoms with Crippen molar-refractivity contribution in [1.29, 1.82) is 0 Å². The van der Waals surface area contributed by atoms with Crippen molar-refractivity contribution in [2.75, 3.05) is 20.2 Å². The van der Waals surface area contributed by atoms with E-state index in [0.717, 1.165) is 61.2 Å². The highest BCUT2D eigenvalue weighted by atomic mass is 16.5. The molecular weight excluding hydrogens is 380 g/mol. The van der Waals surface area contributed by atoms with Crippen LogP contribution in [0, 0.1) is 0 Å². The Morgan fingerprint density at radius 3 is 2.67 bits per heavy atom. The van der Waals surface area contributed by atoms with Gasteiger partial charge in [-0.3, -0.25) is 9.69 Å². The molecule has 1 aromatic carbocycles. The quantitative estimate of drug-likeness (QED) is 0.697. The second-order valence-electron chi connectivity index (χ2n) is 8.43. The first-order valence-electron chi connectivity index (χ1n) is 11.0. The van der Waals surface area contributed by atoms with Crippen LogP contribution in [0.1, 0.15) is 68.4 Å². The average Bonchev–Trinajstić information content (AvgIpc) is 3.47. The molecule has 3 aromatic rings. The molecule has 2 fully saturated rings. The van der Waals surface area contributed by atoms with Crippen molar-refractivity contribution in [1.82, 2.24) is 30.1 Å². The van der Waals surface area contributed by atoms with Gasteiger partial charge in [0.1, 0.15) is 11.8 Å². The molecule has 1 unspecified atom stereocenters. The summed E-state index contributed by atoms with van der Waals surface area (Å²) in [6.07, 6.45) is 8.14. The Hall–Kier alpha value is -2.74. The smallest absolute Gasteiger partial charge is 0.253 e. The van der Waals surface area contributed by atoms with Crippen LogP contribution in [0.25, 0.3) is 10.9 Å². The highest BCUT2D eigenvalue weighted by Gasteiger charge is 2.33. The summed E-state index contributed by atoms with van der Waals surface area (Å²) >= 11 is 0. The first kappa shape index (κ1) is 19.2. The van der Waals surface area contributed by atoms with Gasteiger partial charge in [-0.1, -0.05) is 19.3 Å². The number of likely N-dealkylation sites (tertiary alicyclic amines) is 1. The Morgan fingerprint density at radius 1 is 1.10 bits per heavy atom. The SMILES string of the molecule is COc1ccc2cc(C(c3nnnn3C3CCCCC3)N3CCCC3)c(=O)[nH]c2c1. The minimum Gasteiger partial charge on any atom is -0.497 e. The first-order chi connectivity index (χ1) is 14.7. The van der Waals surface area contributed by atoms with Gasteiger partial charge in [-0.15, -0.1) is 5.10 Å². The first-order valence-corrected chi connectivity index (χ1v) is 11.0. The van der Waals surface area contributed by atoms with Crippen molar-refractivity contribution >= 4 is 10.9 Å². The molecule has 1 saturated heterocycles. The molecule has 1 saturated carbocycles. The number of tetrazole rings is 1. The van der Waals surface area contributed by atoms with Crippen molar-refractivity contribution in [3.05, 3.63) is 46.0 Å². The summed E-state index contributed by atoms with van der Waals surface area (Å²) in [5.41, 5.74) is 1.39. The molecule has 1 aliphatic heterocycles. The second-order valence-corrected chi connectivity index (χ2v) is 8.43. The lowest BCUT2D eigenvalue weighted by Gasteiger charge is -2.29. The van der Waals surface area contributed by atoms with E-state index < -0.39 is 0 Å². The molecule has 8 heteroatoms. The van der Waals surface area contributed by atoms with Gasteiger partial charge in [-0.2, -0.15) is 0 Å². The van der Waals surface area contributed by atoms with E-state index in [-0.39, 0.29) is 11.6 Å². The van der Waals surface area contributed by atoms with E-state index in [1.807, 2.05) is 28.9 Å². The van der Waals surface area contributed by atoms with Gasteiger partial charge in [0.2, 0.25) is 0 Å². The third-order valence-corrected chi connectivity index (χ3v) is 6.57. The Kier molecular flexibility index (Phi) is 5.25. The van der Waals surface area contributed by atoms with Crippen LogP contribution < -0.4 is 10.3 Å². The van der Waals surface area contributed by atoms with Crippen LogP contribution in [-0.2, 0) is 0 Å². The summed E-state index contributed by atoms with van der Waals surface area (Å²) in [4.78, 5) is 18.6. The second kappa shape index (κ2) is 8.18. The van der Waals surface area contributed by atoms with Gasteiger partial charge in [-0.05, 0) is 72.8 Å². The summed E-state index contributed by atoms with van der Waals surface area (Å²) in [5.74, 6) is 1.52. The lowest BCUT2D eigenvalue weighted by atomic mass is 9.95. The van der Waals surface area contributed by atoms with E-state index in [1.165, 1.54) is 19.3 Å². The fourth-order valence-electron chi connectivity index (χ4n) is 4.99. The number of aromatic nitrogens is 5. The Bertz CT molecular complexity index is 1080. The zero-order chi connectivity index (χ0) is 20.5. The number of hydrogen-bond acceptors (Lipinski definition) is 6. The molecule has 30 heavy (non-hydrogen) atoms. The van der Waals surface area contributed by atoms with Crippen molar-refractivity contribution in [2.24, 2.45) is 0 Å². The molecule has 0 amide bonds. The summed E-state index contributed by atoms with van der Waals surface area (Å²) in [6, 6.07) is 7.84. The maximum absolute atomic E-state index is 13.2. The van der Waals surface area contributed by atoms with E-state index in [0.29, 0.717) is 11.6 Å². The molecule has 1 N–H and O–H groups in total. The number of aromatic amines is 1. The maximum atomic E-state index is 13.2. The molecule has 0 bridgehead atoms. The monoisotopic (exact) mass is 408 g/mol. The zero-order valence-electron chi connectivity index (χ0n) is 17.4. The van der Waals surface area contributed by atoms with Crippen molar-refractivity contribution in [2.45, 2.75) is 57.0 Å². The lowest BCUT2D eigenvalue weighted by molar-refractivity contribution is 0.243. The number of benzene rings is 1. The van der Waals surface area contributed by atoms with Crippen LogP contribution in [0.2, 0.25) is 0 Å². The summed E-state index contributed by atoms with van der Waals surface area (Å²) in [6.45, 7) is 1.89. The van der Waals surface area contributed by atoms with Gasteiger partial charge in [0.15, 0.2) is 5.82 Å². The number of pyridine rings is 1. The number of hydrogen-bond donors (Lipinski definition) is 1. The van der Waals surface area contributed by atoms with Gasteiger partial charge in [0.25, 0.3) is 5.56 Å². The van der Waals surface area contributed by atoms with E-state index in [4.69, 9.17) is 4.74 Å². The standard InChI is InChI=1S/C22H28N6O2/c1-30-17-10-9-15-13-18(22(29)23-19(15)14-17)20(27-11-5-6-12-27)21-24-25-26-28(21)16-7-3-2-4-8-16/h9-10,13-14,16,20H,2-8,11-12H2,1H3,(H,23,29). The fourth-order valence-corrected chi connectivity index (χ4v) is 4.99. The molecular formula is C22H28N6O2. The van der Waals surface area contributed by atoms with Crippen molar-refractivity contribution in [3.63, 3.8) is 0 Å². The molecule has 0 spiro atoms. The number of ether oxygens (including phenoxy) is 1. The predicted octanol–water partition coefficient (Wildman–Crippen LogP) is 3.21. The van der Waals surface area contributed by atoms with Crippen LogP contribution in [0.4, 0.5) is 0 Å². The molecule has 5 rings (SSSR count). The highest BCUT2D eigenvalue weighted by molar-refractivity contribution is 5.80. The highest BCUT2D eigenvalue weighted by Crippen LogP contribution is 2.34. The van der Waals surface area contributed by atoms with Crippen molar-refractivity contribution in [3.8, 4) is 5.75 Å². The van der Waals surface area contributed by atoms with E-state index in [9.17, 15) is 4.79 Å². The Labute approximate surface area is 175 Å². The molecule has 3 heterocycles. The van der Waals surface area contributed by atoms with Gasteiger partial charge >= 0.3 is 0 Å². The Morgan fingerprint density at radius 2 is 1.90 bits per heavy atom. The number of nitrogens with zero attached hydrogens (tertiary/aromatic N) is 5. The summed E-state index contributed by atoms with van der Waals surface area (Å²) in [7, 11) is 1.63. The number of methoxy groups -OCH3 is 1. The van der Waals surface area contributed by atoms with E-state index >= 15 is 0 Å². The molecule has 2 aliphatic rings. The lowest BCUT2D eigenvalue weighted by Crippen LogP contribution is -2.34. The molecule has 1 aliphatic carbocycles. The van der Waals surface area contributed by atoms with Gasteiger partial charge < -0.3 is 9.72 Å². The van der Waals surface area contributed by atoms with Crippen molar-refractivity contribution < 1.29 is 4.74 Å². The summed E-state index contributed by atoms with van der Waals surface area (Å²) < 4.78 is 7.30. The van der Waals surface area contributed by atoms with Crippen LogP contribution >= 0.6 is 0 Å². The largest absolute Gasteiger partial charge is 0.497 e. The number of nitrogens with one attached hydrogen (secondary N) is 1. The van der Waals surface area contributed by atoms with Crippen LogP contribution in [0.3, 0.4) is 0 Å². The number of rotatable bonds is 5. The third kappa shape index (κ3) is 3.49. The van der Waals surface area contributed by atoms with Crippen LogP contribution in [0.5, 0.6) is 5.75 Å². The van der Waals surface area contributed by atoms with Crippen LogP contribution in [0.15, 0.2) is 29.1 Å². The topological polar surface area (TPSA) is 88.9 Å². The molecule has 2 aromatic heterocycles. The van der Waals surface area contributed by atoms with Gasteiger partial charge in [0, 0.05) is 11.6 Å². The van der Waals surface area contributed by atoms with Crippen LogP contribution in [-0.4, -0.2) is 50.3 Å². The molecule has 0 radical (unpaired) electrons. The van der Waals surface area contributed by atoms with E-state index in [2.05, 4.69) is 25.4 Å². The van der Waals surface area contributed by atoms with E-state index in [1.54, 1.807) is 7.11 Å². The normalized spacial score (nSPS) is 19.4. The van der Waals surface area contributed by atoms with Gasteiger partial charge in [-0.25, -0.2) is 4.68 Å². The van der Waals surface area contributed by atoms with Gasteiger partial charge in [0.05, 0.1) is 18.7 Å².